The largest absolute Gasteiger partial charge is 0.507 e. The highest BCUT2D eigenvalue weighted by Gasteiger charge is 2.38. The number of likely N-dealkylation sites (N-methyl/N-ethyl adjacent to an activating group) is 1. The van der Waals surface area contributed by atoms with Crippen LogP contribution in [0.1, 0.15) is 30.9 Å². The van der Waals surface area contributed by atoms with Gasteiger partial charge >= 0.3 is 0 Å². The van der Waals surface area contributed by atoms with E-state index in [2.05, 4.69) is 46.1 Å². The summed E-state index contributed by atoms with van der Waals surface area (Å²) in [5.74, 6) is 2.03. The molecule has 26 heavy (non-hydrogen) atoms. The fourth-order valence-electron chi connectivity index (χ4n) is 4.61. The van der Waals surface area contributed by atoms with Crippen LogP contribution in [0.15, 0.2) is 24.3 Å². The molecule has 3 heterocycles. The zero-order chi connectivity index (χ0) is 18.3. The minimum absolute atomic E-state index is 0.291. The minimum atomic E-state index is 0.291. The van der Waals surface area contributed by atoms with E-state index in [1.165, 1.54) is 19.4 Å². The molecule has 2 saturated heterocycles. The van der Waals surface area contributed by atoms with Crippen LogP contribution in [0, 0.1) is 12.8 Å². The van der Waals surface area contributed by atoms with Crippen molar-refractivity contribution in [2.75, 3.05) is 31.6 Å². The van der Waals surface area contributed by atoms with E-state index in [1.807, 2.05) is 13.0 Å². The van der Waals surface area contributed by atoms with Crippen LogP contribution in [0.2, 0.25) is 0 Å². The number of fused-ring (bicyclic) bond motifs is 1. The van der Waals surface area contributed by atoms with Crippen LogP contribution in [-0.4, -0.2) is 52.9 Å². The van der Waals surface area contributed by atoms with Crippen molar-refractivity contribution in [3.05, 3.63) is 35.4 Å². The Hall–Kier alpha value is -2.14. The number of piperidine rings is 1. The molecule has 0 spiro atoms. The summed E-state index contributed by atoms with van der Waals surface area (Å²) < 4.78 is 0. The predicted octanol–water partition coefficient (Wildman–Crippen LogP) is 3.25. The van der Waals surface area contributed by atoms with Gasteiger partial charge in [0.15, 0.2) is 5.82 Å². The number of benzene rings is 1. The molecule has 0 bridgehead atoms. The number of rotatable bonds is 3. The van der Waals surface area contributed by atoms with E-state index in [4.69, 9.17) is 0 Å². The maximum absolute atomic E-state index is 10.4. The van der Waals surface area contributed by atoms with Crippen molar-refractivity contribution in [3.8, 4) is 17.0 Å². The van der Waals surface area contributed by atoms with Crippen molar-refractivity contribution >= 4 is 5.82 Å². The van der Waals surface area contributed by atoms with Gasteiger partial charge in [-0.2, -0.15) is 0 Å². The van der Waals surface area contributed by atoms with E-state index < -0.39 is 0 Å². The van der Waals surface area contributed by atoms with Crippen LogP contribution >= 0.6 is 0 Å². The normalized spacial score (nSPS) is 23.3. The first-order chi connectivity index (χ1) is 12.6. The summed E-state index contributed by atoms with van der Waals surface area (Å²) in [6.07, 6.45) is 3.39. The monoisotopic (exact) mass is 352 g/mol. The lowest BCUT2D eigenvalue weighted by atomic mass is 9.92. The van der Waals surface area contributed by atoms with Crippen molar-refractivity contribution in [2.24, 2.45) is 5.92 Å². The molecule has 2 aliphatic heterocycles. The molecule has 0 radical (unpaired) electrons. The van der Waals surface area contributed by atoms with Gasteiger partial charge in [0.2, 0.25) is 0 Å². The standard InChI is InChI=1S/C21H28N4O/c1-4-15-11-14(2)12-19(26)21(15)17-5-6-20(23-22-17)25-10-8-16-7-9-24(3)13-18(16)25/h5-6,11-12,16,18,26H,4,7-10,13H2,1-3H3/t16-,18-/m1/s1. The Morgan fingerprint density at radius 2 is 1.96 bits per heavy atom. The predicted molar refractivity (Wildman–Crippen MR) is 105 cm³/mol. The van der Waals surface area contributed by atoms with Crippen LogP contribution in [0.5, 0.6) is 5.75 Å². The Kier molecular flexibility index (Phi) is 4.57. The lowest BCUT2D eigenvalue weighted by molar-refractivity contribution is 0.207. The van der Waals surface area contributed by atoms with Crippen molar-refractivity contribution in [1.29, 1.82) is 0 Å². The quantitative estimate of drug-likeness (QED) is 0.919. The first-order valence-corrected chi connectivity index (χ1v) is 9.68. The van der Waals surface area contributed by atoms with Gasteiger partial charge in [0, 0.05) is 24.7 Å². The number of hydrogen-bond donors (Lipinski definition) is 1. The lowest BCUT2D eigenvalue weighted by Crippen LogP contribution is -2.47. The van der Waals surface area contributed by atoms with Crippen molar-refractivity contribution in [2.45, 2.75) is 39.2 Å². The maximum atomic E-state index is 10.4. The fourth-order valence-corrected chi connectivity index (χ4v) is 4.61. The fraction of sp³-hybridized carbons (Fsp3) is 0.524. The van der Waals surface area contributed by atoms with Crippen molar-refractivity contribution < 1.29 is 5.11 Å². The summed E-state index contributed by atoms with van der Waals surface area (Å²) in [6, 6.07) is 8.54. The van der Waals surface area contributed by atoms with E-state index >= 15 is 0 Å². The molecule has 5 nitrogen and oxygen atoms in total. The molecule has 138 valence electrons. The number of anilines is 1. The van der Waals surface area contributed by atoms with E-state index in [9.17, 15) is 5.11 Å². The summed E-state index contributed by atoms with van der Waals surface area (Å²) >= 11 is 0. The maximum Gasteiger partial charge on any atom is 0.151 e. The third kappa shape index (κ3) is 3.05. The third-order valence-corrected chi connectivity index (χ3v) is 5.99. The molecule has 1 N–H and O–H groups in total. The van der Waals surface area contributed by atoms with Gasteiger partial charge in [0.1, 0.15) is 5.75 Å². The van der Waals surface area contributed by atoms with Crippen LogP contribution in [0.4, 0.5) is 5.82 Å². The number of nitrogens with zero attached hydrogens (tertiary/aromatic N) is 4. The van der Waals surface area contributed by atoms with E-state index in [1.54, 1.807) is 6.07 Å². The van der Waals surface area contributed by atoms with Gasteiger partial charge in [-0.25, -0.2) is 0 Å². The summed E-state index contributed by atoms with van der Waals surface area (Å²) in [6.45, 7) is 7.47. The van der Waals surface area contributed by atoms with Crippen LogP contribution in [0.25, 0.3) is 11.3 Å². The molecule has 0 aliphatic carbocycles. The van der Waals surface area contributed by atoms with Gasteiger partial charge in [0.25, 0.3) is 0 Å². The molecule has 4 rings (SSSR count). The summed E-state index contributed by atoms with van der Waals surface area (Å²) in [4.78, 5) is 4.84. The lowest BCUT2D eigenvalue weighted by Gasteiger charge is -2.36. The number of aryl methyl sites for hydroxylation is 2. The Morgan fingerprint density at radius 1 is 1.15 bits per heavy atom. The van der Waals surface area contributed by atoms with Gasteiger partial charge in [-0.15, -0.1) is 10.2 Å². The second kappa shape index (κ2) is 6.88. The zero-order valence-electron chi connectivity index (χ0n) is 15.9. The van der Waals surface area contributed by atoms with E-state index in [0.29, 0.717) is 11.8 Å². The van der Waals surface area contributed by atoms with Gasteiger partial charge < -0.3 is 14.9 Å². The van der Waals surface area contributed by atoms with Crippen LogP contribution in [0.3, 0.4) is 0 Å². The first kappa shape index (κ1) is 17.3. The number of aromatic hydroxyl groups is 1. The molecule has 2 atom stereocenters. The number of aromatic nitrogens is 2. The Morgan fingerprint density at radius 3 is 2.69 bits per heavy atom. The topological polar surface area (TPSA) is 52.5 Å². The molecule has 1 aromatic heterocycles. The average Bonchev–Trinajstić information content (AvgIpc) is 3.04. The number of phenols is 1. The summed E-state index contributed by atoms with van der Waals surface area (Å²) in [7, 11) is 2.20. The molecule has 0 amide bonds. The summed E-state index contributed by atoms with van der Waals surface area (Å²) in [5.41, 5.74) is 3.74. The van der Waals surface area contributed by atoms with Crippen molar-refractivity contribution in [3.63, 3.8) is 0 Å². The van der Waals surface area contributed by atoms with Gasteiger partial charge in [-0.3, -0.25) is 0 Å². The molecular formula is C21H28N4O. The Bertz CT molecular complexity index is 789. The average molecular weight is 352 g/mol. The molecule has 2 aliphatic rings. The molecular weight excluding hydrogens is 324 g/mol. The highest BCUT2D eigenvalue weighted by Crippen LogP contribution is 2.36. The zero-order valence-corrected chi connectivity index (χ0v) is 15.9. The second-order valence-corrected chi connectivity index (χ2v) is 7.81. The van der Waals surface area contributed by atoms with Gasteiger partial charge in [-0.05, 0) is 75.0 Å². The van der Waals surface area contributed by atoms with Gasteiger partial charge in [0.05, 0.1) is 5.69 Å². The van der Waals surface area contributed by atoms with E-state index in [-0.39, 0.29) is 0 Å². The minimum Gasteiger partial charge on any atom is -0.507 e. The smallest absolute Gasteiger partial charge is 0.151 e. The molecule has 5 heteroatoms. The molecule has 2 fully saturated rings. The molecule has 1 aromatic carbocycles. The Balaban J connectivity index is 1.62. The van der Waals surface area contributed by atoms with E-state index in [0.717, 1.165) is 53.6 Å². The Labute approximate surface area is 155 Å². The summed E-state index contributed by atoms with van der Waals surface area (Å²) in [5, 5.41) is 19.5. The van der Waals surface area contributed by atoms with Crippen LogP contribution in [-0.2, 0) is 6.42 Å². The number of likely N-dealkylation sites (tertiary alicyclic amines) is 1. The highest BCUT2D eigenvalue weighted by atomic mass is 16.3. The van der Waals surface area contributed by atoms with Crippen molar-refractivity contribution in [1.82, 2.24) is 15.1 Å². The molecule has 2 aromatic rings. The SMILES string of the molecule is CCc1cc(C)cc(O)c1-c1ccc(N2CC[C@H]3CCN(C)C[C@H]32)nn1. The number of phenolic OH excluding ortho intramolecular Hbond substituents is 1. The highest BCUT2D eigenvalue weighted by molar-refractivity contribution is 5.71. The first-order valence-electron chi connectivity index (χ1n) is 9.68. The third-order valence-electron chi connectivity index (χ3n) is 5.99. The molecule has 0 unspecified atom stereocenters. The second-order valence-electron chi connectivity index (χ2n) is 7.81. The molecule has 0 saturated carbocycles. The van der Waals surface area contributed by atoms with Gasteiger partial charge in [-0.1, -0.05) is 13.0 Å². The van der Waals surface area contributed by atoms with Crippen LogP contribution < -0.4 is 4.90 Å². The number of hydrogen-bond acceptors (Lipinski definition) is 5.